The second kappa shape index (κ2) is 9.53. The number of hydrogen-bond acceptors (Lipinski definition) is 4. The summed E-state index contributed by atoms with van der Waals surface area (Å²) in [6.45, 7) is 2.10. The van der Waals surface area contributed by atoms with Crippen LogP contribution in [-0.4, -0.2) is 31.2 Å². The predicted octanol–water partition coefficient (Wildman–Crippen LogP) is 2.76. The summed E-state index contributed by atoms with van der Waals surface area (Å²) >= 11 is 5.79. The number of nitrogens with zero attached hydrogens (tertiary/aromatic N) is 1. The molecule has 8 heteroatoms. The van der Waals surface area contributed by atoms with Crippen LogP contribution in [0.3, 0.4) is 0 Å². The molecule has 0 unspecified atom stereocenters. The van der Waals surface area contributed by atoms with Crippen LogP contribution in [0.4, 0.5) is 4.39 Å². The van der Waals surface area contributed by atoms with Crippen molar-refractivity contribution in [2.45, 2.75) is 6.92 Å². The number of rotatable bonds is 7. The highest BCUT2D eigenvalue weighted by Gasteiger charge is 2.16. The minimum absolute atomic E-state index is 0.0311. The fourth-order valence-electron chi connectivity index (χ4n) is 2.00. The Hall–Kier alpha value is -2.93. The van der Waals surface area contributed by atoms with Gasteiger partial charge in [-0.3, -0.25) is 9.59 Å². The largest absolute Gasteiger partial charge is 0.494 e. The molecule has 0 atom stereocenters. The molecule has 0 spiro atoms. The third-order valence-electron chi connectivity index (χ3n) is 3.19. The summed E-state index contributed by atoms with van der Waals surface area (Å²) in [6, 6.07) is 11.0. The Morgan fingerprint density at radius 2 is 1.96 bits per heavy atom. The van der Waals surface area contributed by atoms with Gasteiger partial charge in [-0.2, -0.15) is 5.10 Å². The van der Waals surface area contributed by atoms with Crippen molar-refractivity contribution in [3.63, 3.8) is 0 Å². The molecular formula is C18H17ClFN3O3. The smallest absolute Gasteiger partial charge is 0.259 e. The molecule has 2 aromatic rings. The zero-order valence-corrected chi connectivity index (χ0v) is 14.7. The maximum absolute atomic E-state index is 13.6. The topological polar surface area (TPSA) is 79.8 Å². The van der Waals surface area contributed by atoms with Gasteiger partial charge in [0, 0.05) is 0 Å². The second-order valence-electron chi connectivity index (χ2n) is 5.07. The van der Waals surface area contributed by atoms with Crippen LogP contribution in [0.15, 0.2) is 47.6 Å². The van der Waals surface area contributed by atoms with E-state index in [0.717, 1.165) is 17.4 Å². The Labute approximate surface area is 155 Å². The van der Waals surface area contributed by atoms with Gasteiger partial charge in [-0.05, 0) is 48.9 Å². The van der Waals surface area contributed by atoms with Gasteiger partial charge in [-0.15, -0.1) is 0 Å². The van der Waals surface area contributed by atoms with Crippen LogP contribution in [0.2, 0.25) is 5.02 Å². The van der Waals surface area contributed by atoms with Gasteiger partial charge in [0.05, 0.1) is 30.0 Å². The first-order valence-corrected chi connectivity index (χ1v) is 8.16. The van der Waals surface area contributed by atoms with Crippen LogP contribution >= 0.6 is 11.6 Å². The number of carbonyl (C=O) groups excluding carboxylic acids is 2. The first-order valence-electron chi connectivity index (χ1n) is 7.78. The SMILES string of the molecule is CCOc1ccc(/C=N/NC(=O)CNC(=O)c2c(F)cccc2Cl)cc1. The second-order valence-corrected chi connectivity index (χ2v) is 5.48. The van der Waals surface area contributed by atoms with Crippen LogP contribution in [0.25, 0.3) is 0 Å². The zero-order chi connectivity index (χ0) is 18.9. The van der Waals surface area contributed by atoms with E-state index in [4.69, 9.17) is 16.3 Å². The highest BCUT2D eigenvalue weighted by molar-refractivity contribution is 6.33. The minimum Gasteiger partial charge on any atom is -0.494 e. The molecule has 0 aliphatic rings. The van der Waals surface area contributed by atoms with Gasteiger partial charge in [0.15, 0.2) is 0 Å². The number of carbonyl (C=O) groups is 2. The summed E-state index contributed by atoms with van der Waals surface area (Å²) in [4.78, 5) is 23.6. The number of benzene rings is 2. The molecule has 0 aliphatic heterocycles. The van der Waals surface area contributed by atoms with E-state index in [0.29, 0.717) is 6.61 Å². The lowest BCUT2D eigenvalue weighted by molar-refractivity contribution is -0.120. The molecule has 2 rings (SSSR count). The van der Waals surface area contributed by atoms with Crippen LogP contribution in [0.5, 0.6) is 5.75 Å². The number of amides is 2. The first-order chi connectivity index (χ1) is 12.5. The first kappa shape index (κ1) is 19.4. The van der Waals surface area contributed by atoms with Gasteiger partial charge in [-0.25, -0.2) is 9.82 Å². The molecule has 0 bridgehead atoms. The summed E-state index contributed by atoms with van der Waals surface area (Å²) in [7, 11) is 0. The minimum atomic E-state index is -0.779. The Morgan fingerprint density at radius 3 is 2.62 bits per heavy atom. The summed E-state index contributed by atoms with van der Waals surface area (Å²) in [5.41, 5.74) is 2.72. The Bertz CT molecular complexity index is 790. The Balaban J connectivity index is 1.82. The van der Waals surface area contributed by atoms with E-state index < -0.39 is 17.6 Å². The average Bonchev–Trinajstić information content (AvgIpc) is 2.61. The number of hydrazone groups is 1. The molecule has 0 radical (unpaired) electrons. The number of hydrogen-bond donors (Lipinski definition) is 2. The van der Waals surface area contributed by atoms with E-state index in [2.05, 4.69) is 15.8 Å². The molecule has 0 saturated carbocycles. The quantitative estimate of drug-likeness (QED) is 0.575. The predicted molar refractivity (Wildman–Crippen MR) is 97.1 cm³/mol. The van der Waals surface area contributed by atoms with E-state index in [1.807, 2.05) is 6.92 Å². The highest BCUT2D eigenvalue weighted by atomic mass is 35.5. The normalized spacial score (nSPS) is 10.6. The number of ether oxygens (including phenoxy) is 1. The zero-order valence-electron chi connectivity index (χ0n) is 14.0. The van der Waals surface area contributed by atoms with Crippen LogP contribution in [0, 0.1) is 5.82 Å². The lowest BCUT2D eigenvalue weighted by atomic mass is 10.2. The van der Waals surface area contributed by atoms with Crippen molar-refractivity contribution in [3.8, 4) is 5.75 Å². The standard InChI is InChI=1S/C18H17ClFN3O3/c1-2-26-13-8-6-12(7-9-13)10-22-23-16(24)11-21-18(25)17-14(19)4-3-5-15(17)20/h3-10H,2,11H2,1H3,(H,21,25)(H,23,24)/b22-10+. The van der Waals surface area contributed by atoms with Gasteiger partial charge in [0.2, 0.25) is 0 Å². The molecule has 2 amide bonds. The summed E-state index contributed by atoms with van der Waals surface area (Å²) < 4.78 is 18.9. The molecule has 0 saturated heterocycles. The van der Waals surface area contributed by atoms with E-state index in [1.165, 1.54) is 18.3 Å². The molecular weight excluding hydrogens is 361 g/mol. The molecule has 0 aliphatic carbocycles. The van der Waals surface area contributed by atoms with Gasteiger partial charge in [0.1, 0.15) is 11.6 Å². The van der Waals surface area contributed by atoms with Crippen molar-refractivity contribution in [3.05, 3.63) is 64.4 Å². The Morgan fingerprint density at radius 1 is 1.23 bits per heavy atom. The van der Waals surface area contributed by atoms with Gasteiger partial charge in [-0.1, -0.05) is 17.7 Å². The maximum atomic E-state index is 13.6. The molecule has 26 heavy (non-hydrogen) atoms. The highest BCUT2D eigenvalue weighted by Crippen LogP contribution is 2.18. The van der Waals surface area contributed by atoms with Crippen molar-refractivity contribution >= 4 is 29.6 Å². The molecule has 2 N–H and O–H groups in total. The van der Waals surface area contributed by atoms with E-state index in [9.17, 15) is 14.0 Å². The summed E-state index contributed by atoms with van der Waals surface area (Å²) in [5.74, 6) is -1.36. The van der Waals surface area contributed by atoms with Crippen LogP contribution in [-0.2, 0) is 4.79 Å². The molecule has 0 heterocycles. The Kier molecular flexibility index (Phi) is 7.11. The lowest BCUT2D eigenvalue weighted by Gasteiger charge is -2.06. The van der Waals surface area contributed by atoms with Gasteiger partial charge < -0.3 is 10.1 Å². The average molecular weight is 378 g/mol. The van der Waals surface area contributed by atoms with E-state index in [1.54, 1.807) is 24.3 Å². The van der Waals surface area contributed by atoms with Crippen molar-refractivity contribution in [1.29, 1.82) is 0 Å². The van der Waals surface area contributed by atoms with Crippen molar-refractivity contribution in [1.82, 2.24) is 10.7 Å². The summed E-state index contributed by atoms with van der Waals surface area (Å²) in [6.07, 6.45) is 1.45. The van der Waals surface area contributed by atoms with Crippen molar-refractivity contribution in [2.24, 2.45) is 5.10 Å². The lowest BCUT2D eigenvalue weighted by Crippen LogP contribution is -2.35. The third kappa shape index (κ3) is 5.56. The number of halogens is 2. The van der Waals surface area contributed by atoms with Gasteiger partial charge in [0.25, 0.3) is 11.8 Å². The van der Waals surface area contributed by atoms with E-state index >= 15 is 0 Å². The monoisotopic (exact) mass is 377 g/mol. The fourth-order valence-corrected chi connectivity index (χ4v) is 2.25. The van der Waals surface area contributed by atoms with Crippen LogP contribution < -0.4 is 15.5 Å². The fraction of sp³-hybridized carbons (Fsp3) is 0.167. The number of nitrogens with one attached hydrogen (secondary N) is 2. The molecule has 2 aromatic carbocycles. The molecule has 136 valence electrons. The van der Waals surface area contributed by atoms with Crippen molar-refractivity contribution < 1.29 is 18.7 Å². The molecule has 6 nitrogen and oxygen atoms in total. The van der Waals surface area contributed by atoms with Crippen molar-refractivity contribution in [2.75, 3.05) is 13.2 Å². The molecule has 0 fully saturated rings. The molecule has 0 aromatic heterocycles. The third-order valence-corrected chi connectivity index (χ3v) is 3.51. The summed E-state index contributed by atoms with van der Waals surface area (Å²) in [5, 5.41) is 6.04. The van der Waals surface area contributed by atoms with E-state index in [-0.39, 0.29) is 17.1 Å². The maximum Gasteiger partial charge on any atom is 0.259 e. The van der Waals surface area contributed by atoms with Crippen LogP contribution in [0.1, 0.15) is 22.8 Å². The van der Waals surface area contributed by atoms with Gasteiger partial charge >= 0.3 is 0 Å².